The van der Waals surface area contributed by atoms with Crippen LogP contribution in [0.5, 0.6) is 0 Å². The van der Waals surface area contributed by atoms with Crippen LogP contribution in [0.3, 0.4) is 0 Å². The molecule has 0 radical (unpaired) electrons. The van der Waals surface area contributed by atoms with Crippen molar-refractivity contribution in [3.05, 3.63) is 95.3 Å². The lowest BCUT2D eigenvalue weighted by atomic mass is 10.1. The number of pyridine rings is 1. The summed E-state index contributed by atoms with van der Waals surface area (Å²) in [5.41, 5.74) is 5.71. The van der Waals surface area contributed by atoms with Gasteiger partial charge in [-0.2, -0.15) is 0 Å². The number of aromatic nitrogens is 1. The highest BCUT2D eigenvalue weighted by molar-refractivity contribution is 5.89. The number of aryl methyl sites for hydroxylation is 2. The highest BCUT2D eigenvalue weighted by Crippen LogP contribution is 2.36. The summed E-state index contributed by atoms with van der Waals surface area (Å²) in [5.74, 6) is 0. The molecule has 1 atom stereocenters. The molecule has 0 saturated carbocycles. The van der Waals surface area contributed by atoms with Crippen molar-refractivity contribution in [1.29, 1.82) is 0 Å². The Bertz CT molecular complexity index is 922. The van der Waals surface area contributed by atoms with Crippen molar-refractivity contribution >= 4 is 11.7 Å². The Labute approximate surface area is 159 Å². The number of amides is 2. The van der Waals surface area contributed by atoms with Gasteiger partial charge in [-0.3, -0.25) is 4.98 Å². The summed E-state index contributed by atoms with van der Waals surface area (Å²) in [4.78, 5) is 19.1. The van der Waals surface area contributed by atoms with Gasteiger partial charge in [0.15, 0.2) is 0 Å². The summed E-state index contributed by atoms with van der Waals surface area (Å²) in [7, 11) is 0. The fourth-order valence-electron chi connectivity index (χ4n) is 3.70. The number of benzene rings is 2. The lowest BCUT2D eigenvalue weighted by Crippen LogP contribution is -2.37. The minimum atomic E-state index is -0.0801. The maximum atomic E-state index is 13.2. The van der Waals surface area contributed by atoms with E-state index in [0.29, 0.717) is 6.54 Å². The van der Waals surface area contributed by atoms with Crippen LogP contribution in [-0.4, -0.2) is 15.9 Å². The molecule has 0 bridgehead atoms. The second-order valence-corrected chi connectivity index (χ2v) is 7.03. The standard InChI is InChI=1S/C23H23N3O/c1-17-6-8-18(9-7-17)16-26(23(27)25-20-12-14-24-15-13-20)22-11-10-19-4-2-3-5-21(19)22/h2-9,12-15,22H,10-11,16H2,1H3,(H,24,25,27). The van der Waals surface area contributed by atoms with Crippen LogP contribution in [-0.2, 0) is 13.0 Å². The van der Waals surface area contributed by atoms with Gasteiger partial charge in [-0.1, -0.05) is 54.1 Å². The van der Waals surface area contributed by atoms with Crippen LogP contribution in [0.1, 0.15) is 34.7 Å². The molecule has 4 nitrogen and oxygen atoms in total. The Morgan fingerprint density at radius 3 is 2.59 bits per heavy atom. The van der Waals surface area contributed by atoms with Crippen LogP contribution < -0.4 is 5.32 Å². The summed E-state index contributed by atoms with van der Waals surface area (Å²) in [5, 5.41) is 3.03. The van der Waals surface area contributed by atoms with Crippen LogP contribution in [0.2, 0.25) is 0 Å². The van der Waals surface area contributed by atoms with E-state index < -0.39 is 0 Å². The summed E-state index contributed by atoms with van der Waals surface area (Å²) in [6.45, 7) is 2.65. The van der Waals surface area contributed by atoms with Crippen molar-refractivity contribution in [2.75, 3.05) is 5.32 Å². The fraction of sp³-hybridized carbons (Fsp3) is 0.217. The lowest BCUT2D eigenvalue weighted by Gasteiger charge is -2.30. The number of hydrogen-bond donors (Lipinski definition) is 1. The van der Waals surface area contributed by atoms with Crippen molar-refractivity contribution in [2.24, 2.45) is 0 Å². The van der Waals surface area contributed by atoms with Gasteiger partial charge in [-0.25, -0.2) is 4.79 Å². The number of carbonyl (C=O) groups is 1. The maximum Gasteiger partial charge on any atom is 0.322 e. The monoisotopic (exact) mass is 357 g/mol. The number of nitrogens with one attached hydrogen (secondary N) is 1. The van der Waals surface area contributed by atoms with Gasteiger partial charge >= 0.3 is 6.03 Å². The number of anilines is 1. The Hall–Kier alpha value is -3.14. The van der Waals surface area contributed by atoms with E-state index in [2.05, 4.69) is 65.8 Å². The average Bonchev–Trinajstić information content (AvgIpc) is 3.12. The first-order chi connectivity index (χ1) is 13.2. The van der Waals surface area contributed by atoms with Crippen molar-refractivity contribution in [2.45, 2.75) is 32.4 Å². The Kier molecular flexibility index (Phi) is 4.88. The topological polar surface area (TPSA) is 45.2 Å². The van der Waals surface area contributed by atoms with E-state index in [1.54, 1.807) is 12.4 Å². The zero-order valence-corrected chi connectivity index (χ0v) is 15.4. The molecule has 4 heteroatoms. The van der Waals surface area contributed by atoms with Gasteiger partial charge in [0.2, 0.25) is 0 Å². The molecule has 27 heavy (non-hydrogen) atoms. The highest BCUT2D eigenvalue weighted by atomic mass is 16.2. The number of fused-ring (bicyclic) bond motifs is 1. The molecular weight excluding hydrogens is 334 g/mol. The number of nitrogens with zero attached hydrogens (tertiary/aromatic N) is 2. The number of rotatable bonds is 4. The van der Waals surface area contributed by atoms with E-state index in [-0.39, 0.29) is 12.1 Å². The SMILES string of the molecule is Cc1ccc(CN(C(=O)Nc2ccncc2)C2CCc3ccccc32)cc1. The van der Waals surface area contributed by atoms with E-state index in [9.17, 15) is 4.79 Å². The molecule has 0 spiro atoms. The smallest absolute Gasteiger partial charge is 0.313 e. The maximum absolute atomic E-state index is 13.2. The summed E-state index contributed by atoms with van der Waals surface area (Å²) < 4.78 is 0. The predicted molar refractivity (Wildman–Crippen MR) is 107 cm³/mol. The first-order valence-corrected chi connectivity index (χ1v) is 9.32. The molecule has 1 aromatic heterocycles. The van der Waals surface area contributed by atoms with Crippen LogP contribution >= 0.6 is 0 Å². The largest absolute Gasteiger partial charge is 0.322 e. The van der Waals surface area contributed by atoms with Crippen LogP contribution in [0.15, 0.2) is 73.1 Å². The summed E-state index contributed by atoms with van der Waals surface area (Å²) in [6, 6.07) is 20.5. The molecule has 1 aliphatic carbocycles. The van der Waals surface area contributed by atoms with E-state index >= 15 is 0 Å². The Morgan fingerprint density at radius 1 is 1.07 bits per heavy atom. The van der Waals surface area contributed by atoms with Crippen molar-refractivity contribution in [3.63, 3.8) is 0 Å². The molecule has 1 N–H and O–H groups in total. The van der Waals surface area contributed by atoms with Crippen LogP contribution in [0.4, 0.5) is 10.5 Å². The quantitative estimate of drug-likeness (QED) is 0.705. The van der Waals surface area contributed by atoms with Gasteiger partial charge in [-0.05, 0) is 48.6 Å². The van der Waals surface area contributed by atoms with Crippen LogP contribution in [0.25, 0.3) is 0 Å². The van der Waals surface area contributed by atoms with Crippen molar-refractivity contribution < 1.29 is 4.79 Å². The molecule has 2 aromatic carbocycles. The third-order valence-corrected chi connectivity index (χ3v) is 5.14. The second kappa shape index (κ2) is 7.62. The minimum absolute atomic E-state index is 0.0801. The first kappa shape index (κ1) is 17.3. The van der Waals surface area contributed by atoms with Gasteiger partial charge in [0.25, 0.3) is 0 Å². The molecule has 0 fully saturated rings. The molecule has 0 saturated heterocycles. The third-order valence-electron chi connectivity index (χ3n) is 5.14. The predicted octanol–water partition coefficient (Wildman–Crippen LogP) is 5.11. The van der Waals surface area contributed by atoms with E-state index in [1.165, 1.54) is 16.7 Å². The molecule has 4 rings (SSSR count). The third kappa shape index (κ3) is 3.85. The molecule has 0 aliphatic heterocycles. The van der Waals surface area contributed by atoms with Gasteiger partial charge in [0.1, 0.15) is 0 Å². The minimum Gasteiger partial charge on any atom is -0.313 e. The fourth-order valence-corrected chi connectivity index (χ4v) is 3.70. The van der Waals surface area contributed by atoms with Crippen molar-refractivity contribution in [3.8, 4) is 0 Å². The average molecular weight is 357 g/mol. The normalized spacial score (nSPS) is 15.2. The molecule has 136 valence electrons. The zero-order chi connectivity index (χ0) is 18.6. The summed E-state index contributed by atoms with van der Waals surface area (Å²) >= 11 is 0. The Morgan fingerprint density at radius 2 is 1.81 bits per heavy atom. The van der Waals surface area contributed by atoms with Gasteiger partial charge in [0, 0.05) is 24.6 Å². The number of urea groups is 1. The van der Waals surface area contributed by atoms with Crippen molar-refractivity contribution in [1.82, 2.24) is 9.88 Å². The molecule has 3 aromatic rings. The summed E-state index contributed by atoms with van der Waals surface area (Å²) in [6.07, 6.45) is 5.33. The molecule has 2 amide bonds. The van der Waals surface area contributed by atoms with Gasteiger partial charge in [-0.15, -0.1) is 0 Å². The van der Waals surface area contributed by atoms with E-state index in [1.807, 2.05) is 17.0 Å². The zero-order valence-electron chi connectivity index (χ0n) is 15.4. The van der Waals surface area contributed by atoms with Gasteiger partial charge < -0.3 is 10.2 Å². The first-order valence-electron chi connectivity index (χ1n) is 9.32. The lowest BCUT2D eigenvalue weighted by molar-refractivity contribution is 0.183. The second-order valence-electron chi connectivity index (χ2n) is 7.03. The highest BCUT2D eigenvalue weighted by Gasteiger charge is 2.31. The molecule has 1 heterocycles. The molecular formula is C23H23N3O. The van der Waals surface area contributed by atoms with E-state index in [0.717, 1.165) is 24.1 Å². The number of hydrogen-bond acceptors (Lipinski definition) is 2. The van der Waals surface area contributed by atoms with Gasteiger partial charge in [0.05, 0.1) is 6.04 Å². The van der Waals surface area contributed by atoms with E-state index in [4.69, 9.17) is 0 Å². The van der Waals surface area contributed by atoms with Crippen LogP contribution in [0, 0.1) is 6.92 Å². The Balaban J connectivity index is 1.62. The number of carbonyl (C=O) groups excluding carboxylic acids is 1. The molecule has 1 aliphatic rings. The molecule has 1 unspecified atom stereocenters.